The molecule has 3 rings (SSSR count). The molecule has 1 aliphatic heterocycles. The van der Waals surface area contributed by atoms with Crippen molar-refractivity contribution in [1.29, 1.82) is 0 Å². The smallest absolute Gasteiger partial charge is 0.181 e. The maximum atomic E-state index is 14.1. The Labute approximate surface area is 220 Å². The molecular weight excluding hydrogens is 492 g/mol. The first-order valence-corrected chi connectivity index (χ1v) is 15.7. The molecule has 0 atom stereocenters. The molecule has 36 heavy (non-hydrogen) atoms. The molecule has 2 aromatic carbocycles. The van der Waals surface area contributed by atoms with E-state index in [1.165, 1.54) is 6.92 Å². The first-order valence-electron chi connectivity index (χ1n) is 12.8. The molecule has 1 aliphatic rings. The molecule has 0 fully saturated rings. The normalized spacial score (nSPS) is 16.4. The third kappa shape index (κ3) is 6.84. The van der Waals surface area contributed by atoms with Crippen LogP contribution in [0.1, 0.15) is 64.9 Å². The van der Waals surface area contributed by atoms with Crippen molar-refractivity contribution in [3.8, 4) is 5.75 Å². The number of hydrogen-bond donors (Lipinski definition) is 2. The van der Waals surface area contributed by atoms with Gasteiger partial charge in [0, 0.05) is 29.1 Å². The predicted octanol–water partition coefficient (Wildman–Crippen LogP) is 6.08. The van der Waals surface area contributed by atoms with Crippen LogP contribution in [-0.2, 0) is 21.2 Å². The molecule has 0 saturated heterocycles. The fourth-order valence-corrected chi connectivity index (χ4v) is 7.87. The van der Waals surface area contributed by atoms with Crippen LogP contribution in [-0.4, -0.2) is 44.4 Å². The Morgan fingerprint density at radius 1 is 1.11 bits per heavy atom. The van der Waals surface area contributed by atoms with E-state index in [4.69, 9.17) is 0 Å². The van der Waals surface area contributed by atoms with Crippen molar-refractivity contribution in [3.05, 3.63) is 42.0 Å². The number of carbonyl (C=O) groups is 1. The number of phenols is 1. The standard InChI is InChI=1S/C28H40N2O4S2/c1-5-7-13-28(14-8-6-2)19-30(23-9-11-24(32)12-10-23)25-16-26(35-4)22(18-29-17-21(3)31)15-27(25)36(33,34)20-28/h9-12,15-16,29,32H,5-8,13-14,17-20H2,1-4H3. The minimum atomic E-state index is -3.58. The summed E-state index contributed by atoms with van der Waals surface area (Å²) in [6.45, 7) is 7.11. The molecule has 0 bridgehead atoms. The molecule has 198 valence electrons. The van der Waals surface area contributed by atoms with Crippen LogP contribution in [0, 0.1) is 5.41 Å². The van der Waals surface area contributed by atoms with Gasteiger partial charge in [0.25, 0.3) is 0 Å². The van der Waals surface area contributed by atoms with E-state index in [-0.39, 0.29) is 29.2 Å². The molecule has 0 aliphatic carbocycles. The number of hydrogen-bond acceptors (Lipinski definition) is 7. The van der Waals surface area contributed by atoms with Gasteiger partial charge in [-0.25, -0.2) is 8.42 Å². The molecule has 8 heteroatoms. The number of unbranched alkanes of at least 4 members (excludes halogenated alkanes) is 2. The zero-order valence-corrected chi connectivity index (χ0v) is 23.6. The van der Waals surface area contributed by atoms with Gasteiger partial charge in [-0.3, -0.25) is 4.79 Å². The number of nitrogens with one attached hydrogen (secondary N) is 1. The van der Waals surface area contributed by atoms with Crippen molar-refractivity contribution in [1.82, 2.24) is 5.32 Å². The van der Waals surface area contributed by atoms with Crippen LogP contribution in [0.4, 0.5) is 11.4 Å². The van der Waals surface area contributed by atoms with Gasteiger partial charge in [0.2, 0.25) is 0 Å². The van der Waals surface area contributed by atoms with Gasteiger partial charge in [0.1, 0.15) is 11.5 Å². The molecule has 0 saturated carbocycles. The highest BCUT2D eigenvalue weighted by atomic mass is 32.2. The van der Waals surface area contributed by atoms with Crippen molar-refractivity contribution in [2.45, 2.75) is 75.6 Å². The van der Waals surface area contributed by atoms with Gasteiger partial charge in [-0.15, -0.1) is 11.8 Å². The van der Waals surface area contributed by atoms with Crippen LogP contribution >= 0.6 is 11.8 Å². The highest BCUT2D eigenvalue weighted by molar-refractivity contribution is 7.98. The summed E-state index contributed by atoms with van der Waals surface area (Å²) in [6, 6.07) is 10.8. The second kappa shape index (κ2) is 12.5. The van der Waals surface area contributed by atoms with E-state index < -0.39 is 9.84 Å². The summed E-state index contributed by atoms with van der Waals surface area (Å²) in [5.41, 5.74) is 2.08. The van der Waals surface area contributed by atoms with Crippen LogP contribution in [0.2, 0.25) is 0 Å². The monoisotopic (exact) mass is 532 g/mol. The third-order valence-corrected chi connectivity index (χ3v) is 9.76. The average Bonchev–Trinajstić information content (AvgIpc) is 2.93. The average molecular weight is 533 g/mol. The molecule has 6 nitrogen and oxygen atoms in total. The lowest BCUT2D eigenvalue weighted by molar-refractivity contribution is -0.116. The zero-order chi connectivity index (χ0) is 26.3. The van der Waals surface area contributed by atoms with Gasteiger partial charge in [-0.05, 0) is 68.0 Å². The van der Waals surface area contributed by atoms with Crippen LogP contribution in [0.5, 0.6) is 5.75 Å². The van der Waals surface area contributed by atoms with Gasteiger partial charge in [0.05, 0.1) is 22.9 Å². The number of phenolic OH excluding ortho intramolecular Hbond substituents is 1. The molecule has 0 radical (unpaired) electrons. The second-order valence-corrected chi connectivity index (χ2v) is 12.8. The Hall–Kier alpha value is -2.03. The van der Waals surface area contributed by atoms with Crippen molar-refractivity contribution in [2.75, 3.05) is 30.0 Å². The van der Waals surface area contributed by atoms with Crippen molar-refractivity contribution < 1.29 is 18.3 Å². The number of carbonyl (C=O) groups excluding carboxylic acids is 1. The predicted molar refractivity (Wildman–Crippen MR) is 149 cm³/mol. The highest BCUT2D eigenvalue weighted by Crippen LogP contribution is 2.46. The second-order valence-electron chi connectivity index (χ2n) is 10.0. The van der Waals surface area contributed by atoms with Crippen LogP contribution in [0.15, 0.2) is 46.2 Å². The first kappa shape index (κ1) is 28.5. The molecule has 0 aromatic heterocycles. The van der Waals surface area contributed by atoms with Crippen LogP contribution in [0.25, 0.3) is 0 Å². The Balaban J connectivity index is 2.20. The fourth-order valence-electron chi connectivity index (χ4n) is 5.09. The number of anilines is 2. The summed E-state index contributed by atoms with van der Waals surface area (Å²) >= 11 is 1.57. The first-order chi connectivity index (χ1) is 17.1. The molecule has 2 aromatic rings. The van der Waals surface area contributed by atoms with Crippen LogP contribution in [0.3, 0.4) is 0 Å². The maximum Gasteiger partial charge on any atom is 0.181 e. The summed E-state index contributed by atoms with van der Waals surface area (Å²) < 4.78 is 28.1. The summed E-state index contributed by atoms with van der Waals surface area (Å²) in [5.74, 6) is 0.347. The third-order valence-electron chi connectivity index (χ3n) is 6.95. The van der Waals surface area contributed by atoms with Crippen molar-refractivity contribution in [3.63, 3.8) is 0 Å². The van der Waals surface area contributed by atoms with Gasteiger partial charge in [-0.1, -0.05) is 39.5 Å². The van der Waals surface area contributed by atoms with Crippen molar-refractivity contribution in [2.24, 2.45) is 5.41 Å². The maximum absolute atomic E-state index is 14.1. The summed E-state index contributed by atoms with van der Waals surface area (Å²) in [4.78, 5) is 14.9. The zero-order valence-electron chi connectivity index (χ0n) is 22.0. The van der Waals surface area contributed by atoms with E-state index in [0.717, 1.165) is 54.7 Å². The van der Waals surface area contributed by atoms with Crippen molar-refractivity contribution >= 4 is 38.8 Å². The number of Topliss-reactive ketones (excluding diaryl/α,β-unsaturated/α-hetero) is 1. The minimum Gasteiger partial charge on any atom is -0.508 e. The largest absolute Gasteiger partial charge is 0.508 e. The summed E-state index contributed by atoms with van der Waals surface area (Å²) in [6.07, 6.45) is 7.69. The Morgan fingerprint density at radius 2 is 1.75 bits per heavy atom. The van der Waals surface area contributed by atoms with Gasteiger partial charge < -0.3 is 15.3 Å². The quantitative estimate of drug-likeness (QED) is 0.320. The number of nitrogens with zero attached hydrogens (tertiary/aromatic N) is 1. The van der Waals surface area contributed by atoms with Crippen LogP contribution < -0.4 is 10.2 Å². The number of aromatic hydroxyl groups is 1. The molecule has 2 N–H and O–H groups in total. The van der Waals surface area contributed by atoms with E-state index in [0.29, 0.717) is 23.7 Å². The Kier molecular flexibility index (Phi) is 9.89. The number of ketones is 1. The Morgan fingerprint density at radius 3 is 2.31 bits per heavy atom. The Bertz CT molecular complexity index is 1140. The lowest BCUT2D eigenvalue weighted by atomic mass is 9.79. The summed E-state index contributed by atoms with van der Waals surface area (Å²) in [5, 5.41) is 13.1. The summed E-state index contributed by atoms with van der Waals surface area (Å²) in [7, 11) is -3.58. The highest BCUT2D eigenvalue weighted by Gasteiger charge is 2.42. The van der Waals surface area contributed by atoms with E-state index in [1.54, 1.807) is 23.9 Å². The topological polar surface area (TPSA) is 86.7 Å². The van der Waals surface area contributed by atoms with Gasteiger partial charge in [-0.2, -0.15) is 0 Å². The number of thioether (sulfide) groups is 1. The van der Waals surface area contributed by atoms with E-state index in [2.05, 4.69) is 24.1 Å². The van der Waals surface area contributed by atoms with Gasteiger partial charge >= 0.3 is 0 Å². The molecule has 0 spiro atoms. The number of benzene rings is 2. The lowest BCUT2D eigenvalue weighted by Gasteiger charge is -2.37. The number of fused-ring (bicyclic) bond motifs is 1. The van der Waals surface area contributed by atoms with E-state index in [1.807, 2.05) is 30.5 Å². The lowest BCUT2D eigenvalue weighted by Crippen LogP contribution is -2.38. The number of rotatable bonds is 12. The minimum absolute atomic E-state index is 0.0400. The van der Waals surface area contributed by atoms with E-state index >= 15 is 0 Å². The fraction of sp³-hybridized carbons (Fsp3) is 0.536. The molecular formula is C28H40N2O4S2. The molecule has 0 amide bonds. The van der Waals surface area contributed by atoms with E-state index in [9.17, 15) is 18.3 Å². The molecule has 1 heterocycles. The SMILES string of the molecule is CCCCC1(CCCC)CN(c2ccc(O)cc2)c2cc(SC)c(CNCC(C)=O)cc2S(=O)(=O)C1. The number of sulfone groups is 1. The molecule has 0 unspecified atom stereocenters. The van der Waals surface area contributed by atoms with Gasteiger partial charge in [0.15, 0.2) is 9.84 Å².